The molecule has 8 heteroatoms. The maximum Gasteiger partial charge on any atom is 0.337 e. The molecule has 1 atom stereocenters. The fourth-order valence-corrected chi connectivity index (χ4v) is 3.91. The van der Waals surface area contributed by atoms with Gasteiger partial charge in [-0.3, -0.25) is 4.90 Å². The molecule has 0 radical (unpaired) electrons. The molecular formula is C23H31N5O3. The summed E-state index contributed by atoms with van der Waals surface area (Å²) >= 11 is 0. The first-order chi connectivity index (χ1) is 14.8. The van der Waals surface area contributed by atoms with Crippen LogP contribution in [0.1, 0.15) is 37.2 Å². The van der Waals surface area contributed by atoms with E-state index in [1.807, 2.05) is 55.9 Å². The highest BCUT2D eigenvalue weighted by atomic mass is 16.5. The van der Waals surface area contributed by atoms with Gasteiger partial charge in [0, 0.05) is 30.0 Å². The van der Waals surface area contributed by atoms with Crippen LogP contribution in [0.2, 0.25) is 0 Å². The number of esters is 1. The predicted molar refractivity (Wildman–Crippen MR) is 119 cm³/mol. The van der Waals surface area contributed by atoms with Gasteiger partial charge in [0.2, 0.25) is 0 Å². The number of likely N-dealkylation sites (N-methyl/N-ethyl adjacent to an activating group) is 1. The molecule has 0 spiro atoms. The number of nitrogens with zero attached hydrogens (tertiary/aromatic N) is 3. The van der Waals surface area contributed by atoms with E-state index in [0.29, 0.717) is 30.8 Å². The number of rotatable bonds is 8. The van der Waals surface area contributed by atoms with Crippen molar-refractivity contribution in [3.05, 3.63) is 58.6 Å². The van der Waals surface area contributed by atoms with Crippen LogP contribution in [-0.2, 0) is 16.1 Å². The van der Waals surface area contributed by atoms with Crippen molar-refractivity contribution in [1.29, 1.82) is 0 Å². The minimum absolute atomic E-state index is 0.285. The topological polar surface area (TPSA) is 88.5 Å². The van der Waals surface area contributed by atoms with Crippen molar-refractivity contribution in [2.45, 2.75) is 46.7 Å². The van der Waals surface area contributed by atoms with E-state index >= 15 is 0 Å². The monoisotopic (exact) mass is 425 g/mol. The van der Waals surface area contributed by atoms with E-state index in [1.165, 1.54) is 0 Å². The third kappa shape index (κ3) is 4.96. The number of nitrogens with one attached hydrogen (secondary N) is 2. The third-order valence-corrected chi connectivity index (χ3v) is 5.44. The van der Waals surface area contributed by atoms with Crippen molar-refractivity contribution >= 4 is 12.0 Å². The zero-order valence-electron chi connectivity index (χ0n) is 18.9. The van der Waals surface area contributed by atoms with Crippen LogP contribution in [0.15, 0.2) is 41.6 Å². The van der Waals surface area contributed by atoms with Gasteiger partial charge in [-0.05, 0) is 46.4 Å². The van der Waals surface area contributed by atoms with Gasteiger partial charge in [0.25, 0.3) is 0 Å². The summed E-state index contributed by atoms with van der Waals surface area (Å²) in [7, 11) is 1.96. The highest BCUT2D eigenvalue weighted by molar-refractivity contribution is 5.94. The number of aryl methyl sites for hydroxylation is 1. The molecule has 1 aromatic heterocycles. The van der Waals surface area contributed by atoms with Crippen LogP contribution in [0, 0.1) is 13.8 Å². The molecule has 8 nitrogen and oxygen atoms in total. The Hall–Kier alpha value is -3.13. The maximum absolute atomic E-state index is 12.6. The number of amides is 2. The van der Waals surface area contributed by atoms with Crippen LogP contribution in [0.3, 0.4) is 0 Å². The predicted octanol–water partition coefficient (Wildman–Crippen LogP) is 2.83. The summed E-state index contributed by atoms with van der Waals surface area (Å²) in [4.78, 5) is 26.8. The second-order valence-corrected chi connectivity index (χ2v) is 7.74. The standard InChI is InChI=1S/C23H31N5O3/c1-6-19-21(22(29)31-7-2)20(25-23(30)24-19)14-27(5)13-18-15(3)26-28(16(18)4)17-11-9-8-10-12-17/h8-12,19H,6-7,13-14H2,1-5H3,(H2,24,25,30)/t19-/m1/s1. The number of carbonyl (C=O) groups excluding carboxylic acids is 2. The number of para-hydroxylation sites is 1. The number of hydrogen-bond acceptors (Lipinski definition) is 5. The molecule has 0 aliphatic carbocycles. The van der Waals surface area contributed by atoms with Crippen molar-refractivity contribution in [3.63, 3.8) is 0 Å². The van der Waals surface area contributed by atoms with E-state index < -0.39 is 5.97 Å². The molecule has 3 rings (SSSR count). The van der Waals surface area contributed by atoms with Crippen LogP contribution in [-0.4, -0.2) is 52.9 Å². The van der Waals surface area contributed by atoms with Gasteiger partial charge in [-0.2, -0.15) is 5.10 Å². The Morgan fingerprint density at radius 3 is 2.55 bits per heavy atom. The summed E-state index contributed by atoms with van der Waals surface area (Å²) in [6.45, 7) is 9.08. The molecule has 2 N–H and O–H groups in total. The average Bonchev–Trinajstić information content (AvgIpc) is 3.02. The highest BCUT2D eigenvalue weighted by Gasteiger charge is 2.32. The summed E-state index contributed by atoms with van der Waals surface area (Å²) in [5, 5.41) is 10.3. The lowest BCUT2D eigenvalue weighted by molar-refractivity contribution is -0.139. The van der Waals surface area contributed by atoms with E-state index in [9.17, 15) is 9.59 Å². The first-order valence-electron chi connectivity index (χ1n) is 10.6. The molecule has 0 saturated heterocycles. The molecular weight excluding hydrogens is 394 g/mol. The molecule has 2 aromatic rings. The van der Waals surface area contributed by atoms with Gasteiger partial charge in [-0.15, -0.1) is 0 Å². The number of hydrogen-bond donors (Lipinski definition) is 2. The minimum atomic E-state index is -0.394. The van der Waals surface area contributed by atoms with Gasteiger partial charge >= 0.3 is 12.0 Å². The molecule has 0 saturated carbocycles. The van der Waals surface area contributed by atoms with E-state index in [-0.39, 0.29) is 18.7 Å². The van der Waals surface area contributed by atoms with Crippen LogP contribution < -0.4 is 10.6 Å². The number of urea groups is 1. The van der Waals surface area contributed by atoms with Crippen LogP contribution >= 0.6 is 0 Å². The molecule has 31 heavy (non-hydrogen) atoms. The Balaban J connectivity index is 1.85. The van der Waals surface area contributed by atoms with Gasteiger partial charge in [0.15, 0.2) is 0 Å². The fraction of sp³-hybridized carbons (Fsp3) is 0.435. The van der Waals surface area contributed by atoms with E-state index in [0.717, 1.165) is 22.6 Å². The fourth-order valence-electron chi connectivity index (χ4n) is 3.91. The van der Waals surface area contributed by atoms with E-state index in [1.54, 1.807) is 6.92 Å². The van der Waals surface area contributed by atoms with E-state index in [2.05, 4.69) is 22.5 Å². The number of ether oxygens (including phenoxy) is 1. The normalized spacial score (nSPS) is 16.3. The lowest BCUT2D eigenvalue weighted by Crippen LogP contribution is -2.51. The highest BCUT2D eigenvalue weighted by Crippen LogP contribution is 2.21. The SMILES string of the molecule is CCOC(=O)C1=C(CN(C)Cc2c(C)nn(-c3ccccc3)c2C)NC(=O)N[C@@H]1CC. The Morgan fingerprint density at radius 2 is 1.90 bits per heavy atom. The second-order valence-electron chi connectivity index (χ2n) is 7.74. The van der Waals surface area contributed by atoms with Gasteiger partial charge in [-0.25, -0.2) is 14.3 Å². The van der Waals surface area contributed by atoms with Crippen molar-refractivity contribution in [2.75, 3.05) is 20.2 Å². The molecule has 1 aliphatic heterocycles. The smallest absolute Gasteiger partial charge is 0.337 e. The first-order valence-corrected chi connectivity index (χ1v) is 10.6. The molecule has 166 valence electrons. The summed E-state index contributed by atoms with van der Waals surface area (Å²) in [5.41, 5.74) is 5.23. The van der Waals surface area contributed by atoms with Gasteiger partial charge in [0.05, 0.1) is 29.6 Å². The number of aromatic nitrogens is 2. The van der Waals surface area contributed by atoms with Crippen molar-refractivity contribution in [3.8, 4) is 5.69 Å². The molecule has 0 bridgehead atoms. The molecule has 2 amide bonds. The Labute approximate surface area is 183 Å². The van der Waals surface area contributed by atoms with Gasteiger partial charge in [0.1, 0.15) is 0 Å². The minimum Gasteiger partial charge on any atom is -0.463 e. The lowest BCUT2D eigenvalue weighted by atomic mass is 10.00. The Bertz CT molecular complexity index is 981. The zero-order chi connectivity index (χ0) is 22.5. The van der Waals surface area contributed by atoms with Crippen molar-refractivity contribution in [2.24, 2.45) is 0 Å². The number of benzene rings is 1. The van der Waals surface area contributed by atoms with Gasteiger partial charge in [-0.1, -0.05) is 25.1 Å². The molecule has 0 unspecified atom stereocenters. The average molecular weight is 426 g/mol. The summed E-state index contributed by atoms with van der Waals surface area (Å²) in [5.74, 6) is -0.394. The van der Waals surface area contributed by atoms with Crippen LogP contribution in [0.4, 0.5) is 4.79 Å². The third-order valence-electron chi connectivity index (χ3n) is 5.44. The largest absolute Gasteiger partial charge is 0.463 e. The molecule has 2 heterocycles. The second kappa shape index (κ2) is 9.78. The zero-order valence-corrected chi connectivity index (χ0v) is 18.9. The lowest BCUT2D eigenvalue weighted by Gasteiger charge is -2.30. The first kappa shape index (κ1) is 22.6. The summed E-state index contributed by atoms with van der Waals surface area (Å²) in [6.07, 6.45) is 0.608. The van der Waals surface area contributed by atoms with Crippen molar-refractivity contribution < 1.29 is 14.3 Å². The van der Waals surface area contributed by atoms with E-state index in [4.69, 9.17) is 9.84 Å². The number of carbonyl (C=O) groups is 2. The van der Waals surface area contributed by atoms with Crippen LogP contribution in [0.5, 0.6) is 0 Å². The quantitative estimate of drug-likeness (QED) is 0.635. The summed E-state index contributed by atoms with van der Waals surface area (Å²) < 4.78 is 7.20. The van der Waals surface area contributed by atoms with Gasteiger partial charge < -0.3 is 15.4 Å². The Morgan fingerprint density at radius 1 is 1.19 bits per heavy atom. The van der Waals surface area contributed by atoms with Crippen LogP contribution in [0.25, 0.3) is 5.69 Å². The molecule has 1 aromatic carbocycles. The Kier molecular flexibility index (Phi) is 7.12. The van der Waals surface area contributed by atoms with Crippen molar-refractivity contribution in [1.82, 2.24) is 25.3 Å². The molecule has 0 fully saturated rings. The maximum atomic E-state index is 12.6. The molecule has 1 aliphatic rings. The summed E-state index contributed by atoms with van der Waals surface area (Å²) in [6, 6.07) is 9.36.